The first-order chi connectivity index (χ1) is 16.1. The van der Waals surface area contributed by atoms with Gasteiger partial charge in [-0.3, -0.25) is 19.5 Å². The molecule has 9 heteroatoms. The number of carbonyl (C=O) groups is 2. The third-order valence-corrected chi connectivity index (χ3v) is 6.75. The van der Waals surface area contributed by atoms with E-state index in [-0.39, 0.29) is 18.2 Å². The number of hydrogen-bond donors (Lipinski definition) is 5. The van der Waals surface area contributed by atoms with Gasteiger partial charge in [0.15, 0.2) is 0 Å². The number of aryl methyl sites for hydroxylation is 1. The predicted octanol–water partition coefficient (Wildman–Crippen LogP) is 2.60. The molecule has 5 N–H and O–H groups in total. The van der Waals surface area contributed by atoms with Gasteiger partial charge in [0, 0.05) is 13.5 Å². The van der Waals surface area contributed by atoms with Crippen LogP contribution in [0.1, 0.15) is 37.8 Å². The molecule has 0 saturated heterocycles. The summed E-state index contributed by atoms with van der Waals surface area (Å²) in [6, 6.07) is 17.1. The van der Waals surface area contributed by atoms with Gasteiger partial charge in [0.2, 0.25) is 11.8 Å². The average molecular weight is 490 g/mol. The molecule has 2 rings (SSSR count). The molecule has 0 saturated carbocycles. The summed E-state index contributed by atoms with van der Waals surface area (Å²) in [4.78, 5) is 45.6. The van der Waals surface area contributed by atoms with Gasteiger partial charge in [-0.05, 0) is 36.3 Å². The van der Waals surface area contributed by atoms with Crippen LogP contribution < -0.4 is 16.0 Å². The highest BCUT2D eigenvalue weighted by Gasteiger charge is 2.34. The van der Waals surface area contributed by atoms with Crippen LogP contribution in [0.25, 0.3) is 0 Å². The second-order valence-electron chi connectivity index (χ2n) is 8.84. The maximum atomic E-state index is 13.2. The third kappa shape index (κ3) is 9.39. The molecule has 0 bridgehead atoms. The smallest absolute Gasteiger partial charge is 0.342 e. The van der Waals surface area contributed by atoms with E-state index >= 15 is 0 Å². The zero-order valence-electron chi connectivity index (χ0n) is 20.0. The summed E-state index contributed by atoms with van der Waals surface area (Å²) in [7, 11) is -3.03. The number of amides is 2. The molecule has 186 valence electrons. The summed E-state index contributed by atoms with van der Waals surface area (Å²) in [5.41, 5.74) is 1.84. The van der Waals surface area contributed by atoms with Crippen molar-refractivity contribution < 1.29 is 23.9 Å². The van der Waals surface area contributed by atoms with E-state index in [9.17, 15) is 23.9 Å². The van der Waals surface area contributed by atoms with Gasteiger partial charge in [0.1, 0.15) is 11.8 Å². The highest BCUT2D eigenvalue weighted by Crippen LogP contribution is 2.42. The Morgan fingerprint density at radius 3 is 1.94 bits per heavy atom. The minimum Gasteiger partial charge on any atom is -0.357 e. The maximum absolute atomic E-state index is 13.2. The van der Waals surface area contributed by atoms with Crippen molar-refractivity contribution >= 4 is 19.4 Å². The zero-order valence-corrected chi connectivity index (χ0v) is 20.9. The van der Waals surface area contributed by atoms with E-state index in [4.69, 9.17) is 0 Å². The third-order valence-electron chi connectivity index (χ3n) is 5.53. The second kappa shape index (κ2) is 13.4. The minimum absolute atomic E-state index is 0.0855. The minimum atomic E-state index is -4.53. The van der Waals surface area contributed by atoms with Crippen molar-refractivity contribution in [1.29, 1.82) is 0 Å². The first-order valence-electron chi connectivity index (χ1n) is 11.5. The van der Waals surface area contributed by atoms with Gasteiger partial charge in [0.05, 0.1) is 6.04 Å². The Hall–Kier alpha value is -2.51. The van der Waals surface area contributed by atoms with Crippen molar-refractivity contribution in [2.24, 2.45) is 5.92 Å². The van der Waals surface area contributed by atoms with Crippen LogP contribution in [-0.4, -0.2) is 46.5 Å². The molecule has 34 heavy (non-hydrogen) atoms. The molecule has 0 spiro atoms. The lowest BCUT2D eigenvalue weighted by atomic mass is 10.0. The quantitative estimate of drug-likeness (QED) is 0.275. The van der Waals surface area contributed by atoms with Crippen LogP contribution in [0, 0.1) is 5.92 Å². The maximum Gasteiger partial charge on any atom is 0.342 e. The number of rotatable bonds is 13. The van der Waals surface area contributed by atoms with Gasteiger partial charge >= 0.3 is 7.60 Å². The standard InChI is InChI=1S/C25H36N3O5P/c1-18(2)16-21(27-23(34(31,32)33)15-14-19-10-6-4-7-11-19)25(30)28-22(24(29)26-3)17-20-12-8-5-9-13-20/h4-13,18,21-23,27H,14-17H2,1-3H3,(H,26,29)(H,28,30)(H2,31,32,33)/t21?,22-,23-/m0/s1. The zero-order chi connectivity index (χ0) is 25.1. The van der Waals surface area contributed by atoms with Gasteiger partial charge < -0.3 is 20.4 Å². The van der Waals surface area contributed by atoms with Crippen molar-refractivity contribution in [3.8, 4) is 0 Å². The Morgan fingerprint density at radius 1 is 0.882 bits per heavy atom. The largest absolute Gasteiger partial charge is 0.357 e. The Morgan fingerprint density at radius 2 is 1.44 bits per heavy atom. The monoisotopic (exact) mass is 489 g/mol. The number of likely N-dealkylation sites (N-methyl/N-ethyl adjacent to an activating group) is 1. The SMILES string of the molecule is CNC(=O)[C@H](Cc1ccccc1)NC(=O)C(CC(C)C)N[C@H](CCc1ccccc1)P(=O)(O)O. The summed E-state index contributed by atoms with van der Waals surface area (Å²) in [5, 5.41) is 8.28. The summed E-state index contributed by atoms with van der Waals surface area (Å²) in [5.74, 6) is -1.90. The van der Waals surface area contributed by atoms with Gasteiger partial charge in [-0.1, -0.05) is 74.5 Å². The lowest BCUT2D eigenvalue weighted by Gasteiger charge is -2.28. The summed E-state index contributed by atoms with van der Waals surface area (Å²) < 4.78 is 12.3. The van der Waals surface area contributed by atoms with E-state index in [1.54, 1.807) is 0 Å². The van der Waals surface area contributed by atoms with Crippen molar-refractivity contribution in [3.63, 3.8) is 0 Å². The van der Waals surface area contributed by atoms with Crippen LogP contribution in [-0.2, 0) is 27.0 Å². The summed E-state index contributed by atoms with van der Waals surface area (Å²) in [6.45, 7) is 3.86. The lowest BCUT2D eigenvalue weighted by molar-refractivity contribution is -0.130. The van der Waals surface area contributed by atoms with Crippen molar-refractivity contribution in [2.75, 3.05) is 7.05 Å². The molecule has 0 aliphatic carbocycles. The molecule has 8 nitrogen and oxygen atoms in total. The molecule has 0 aromatic heterocycles. The molecule has 3 atom stereocenters. The molecular formula is C25H36N3O5P. The molecular weight excluding hydrogens is 453 g/mol. The molecule has 2 aromatic carbocycles. The van der Waals surface area contributed by atoms with E-state index in [0.717, 1.165) is 11.1 Å². The molecule has 1 unspecified atom stereocenters. The normalized spacial score (nSPS) is 14.3. The lowest BCUT2D eigenvalue weighted by Crippen LogP contribution is -2.55. The van der Waals surface area contributed by atoms with E-state index in [0.29, 0.717) is 19.3 Å². The number of hydrogen-bond acceptors (Lipinski definition) is 4. The van der Waals surface area contributed by atoms with Crippen LogP contribution >= 0.6 is 7.60 Å². The first-order valence-corrected chi connectivity index (χ1v) is 13.2. The summed E-state index contributed by atoms with van der Waals surface area (Å²) >= 11 is 0. The van der Waals surface area contributed by atoms with Gasteiger partial charge in [0.25, 0.3) is 0 Å². The van der Waals surface area contributed by atoms with E-state index < -0.39 is 31.4 Å². The Labute approximate surface area is 201 Å². The van der Waals surface area contributed by atoms with Crippen molar-refractivity contribution in [3.05, 3.63) is 71.8 Å². The highest BCUT2D eigenvalue weighted by atomic mass is 31.2. The van der Waals surface area contributed by atoms with Crippen LogP contribution in [0.2, 0.25) is 0 Å². The van der Waals surface area contributed by atoms with Crippen LogP contribution in [0.5, 0.6) is 0 Å². The predicted molar refractivity (Wildman–Crippen MR) is 133 cm³/mol. The van der Waals surface area contributed by atoms with E-state index in [1.807, 2.05) is 74.5 Å². The van der Waals surface area contributed by atoms with Crippen LogP contribution in [0.4, 0.5) is 0 Å². The second-order valence-corrected chi connectivity index (χ2v) is 10.6. The Balaban J connectivity index is 2.17. The van der Waals surface area contributed by atoms with E-state index in [2.05, 4.69) is 16.0 Å². The van der Waals surface area contributed by atoms with Crippen LogP contribution in [0.15, 0.2) is 60.7 Å². The Bertz CT molecular complexity index is 950. The fraction of sp³-hybridized carbons (Fsp3) is 0.440. The first kappa shape index (κ1) is 27.7. The molecule has 0 radical (unpaired) electrons. The average Bonchev–Trinajstić information content (AvgIpc) is 2.80. The Kier molecular flexibility index (Phi) is 10.9. The highest BCUT2D eigenvalue weighted by molar-refractivity contribution is 7.52. The number of nitrogens with one attached hydrogen (secondary N) is 3. The molecule has 2 amide bonds. The fourth-order valence-corrected chi connectivity index (χ4v) is 4.60. The molecule has 0 fully saturated rings. The topological polar surface area (TPSA) is 128 Å². The van der Waals surface area contributed by atoms with Gasteiger partial charge in [-0.25, -0.2) is 0 Å². The molecule has 0 aliphatic rings. The summed E-state index contributed by atoms with van der Waals surface area (Å²) in [6.07, 6.45) is 1.28. The van der Waals surface area contributed by atoms with Gasteiger partial charge in [-0.2, -0.15) is 0 Å². The van der Waals surface area contributed by atoms with Crippen LogP contribution in [0.3, 0.4) is 0 Å². The van der Waals surface area contributed by atoms with E-state index in [1.165, 1.54) is 7.05 Å². The molecule has 2 aromatic rings. The number of carbonyl (C=O) groups excluding carboxylic acids is 2. The molecule has 0 heterocycles. The fourth-order valence-electron chi connectivity index (χ4n) is 3.76. The van der Waals surface area contributed by atoms with Crippen molar-refractivity contribution in [1.82, 2.24) is 16.0 Å². The molecule has 0 aliphatic heterocycles. The number of benzene rings is 2. The van der Waals surface area contributed by atoms with Crippen molar-refractivity contribution in [2.45, 2.75) is 57.4 Å². The van der Waals surface area contributed by atoms with Gasteiger partial charge in [-0.15, -0.1) is 0 Å².